The third-order valence-electron chi connectivity index (χ3n) is 6.13. The lowest BCUT2D eigenvalue weighted by molar-refractivity contribution is 0.0971. The Morgan fingerprint density at radius 1 is 0.944 bits per heavy atom. The molecule has 3 heterocycles. The minimum Gasteiger partial charge on any atom is -0.494 e. The van der Waals surface area contributed by atoms with Crippen molar-refractivity contribution in [2.75, 3.05) is 18.1 Å². The van der Waals surface area contributed by atoms with Crippen LogP contribution in [-0.2, 0) is 0 Å². The number of ether oxygens (including phenoxy) is 2. The first-order valence-corrected chi connectivity index (χ1v) is 12.6. The Labute approximate surface area is 210 Å². The summed E-state index contributed by atoms with van der Waals surface area (Å²) in [6, 6.07) is 19.4. The van der Waals surface area contributed by atoms with E-state index in [1.54, 1.807) is 29.2 Å². The monoisotopic (exact) mass is 498 g/mol. The molecule has 0 saturated carbocycles. The van der Waals surface area contributed by atoms with Crippen LogP contribution >= 0.6 is 11.3 Å². The van der Waals surface area contributed by atoms with Gasteiger partial charge < -0.3 is 13.9 Å². The summed E-state index contributed by atoms with van der Waals surface area (Å²) in [6.45, 7) is 4.89. The summed E-state index contributed by atoms with van der Waals surface area (Å²) < 4.78 is 18.3. The van der Waals surface area contributed by atoms with Gasteiger partial charge in [0.05, 0.1) is 40.4 Å². The number of amides is 1. The molecule has 8 heteroatoms. The number of thiazole rings is 1. The van der Waals surface area contributed by atoms with Gasteiger partial charge >= 0.3 is 0 Å². The minimum absolute atomic E-state index is 0.0415. The van der Waals surface area contributed by atoms with Crippen molar-refractivity contribution in [2.24, 2.45) is 0 Å². The third kappa shape index (κ3) is 3.53. The van der Waals surface area contributed by atoms with Crippen molar-refractivity contribution in [1.82, 2.24) is 4.98 Å². The van der Waals surface area contributed by atoms with Crippen molar-refractivity contribution >= 4 is 43.6 Å². The zero-order chi connectivity index (χ0) is 24.8. The predicted molar refractivity (Wildman–Crippen MR) is 140 cm³/mol. The highest BCUT2D eigenvalue weighted by Gasteiger charge is 2.45. The molecule has 0 saturated heterocycles. The van der Waals surface area contributed by atoms with Gasteiger partial charge in [0.2, 0.25) is 5.76 Å². The molecule has 7 nitrogen and oxygen atoms in total. The molecule has 1 aliphatic rings. The van der Waals surface area contributed by atoms with Gasteiger partial charge in [0.1, 0.15) is 17.1 Å². The Bertz CT molecular complexity index is 1690. The number of carbonyl (C=O) groups is 1. The fourth-order valence-electron chi connectivity index (χ4n) is 4.63. The van der Waals surface area contributed by atoms with Gasteiger partial charge in [-0.1, -0.05) is 35.6 Å². The predicted octanol–water partition coefficient (Wildman–Crippen LogP) is 5.95. The SMILES string of the molecule is CCOc1cccc(C2c3c(oc4ccccc4c3=O)C(=O)N2c2nc3ccc(OCC)cc3s2)c1. The number of hydrogen-bond donors (Lipinski definition) is 0. The maximum absolute atomic E-state index is 13.8. The summed E-state index contributed by atoms with van der Waals surface area (Å²) in [6.07, 6.45) is 0. The average molecular weight is 499 g/mol. The number of benzene rings is 3. The molecule has 6 rings (SSSR count). The Morgan fingerprint density at radius 3 is 2.53 bits per heavy atom. The molecular formula is C28H22N2O5S. The van der Waals surface area contributed by atoms with Crippen LogP contribution in [0.15, 0.2) is 75.9 Å². The first-order chi connectivity index (χ1) is 17.6. The van der Waals surface area contributed by atoms with Gasteiger partial charge in [-0.3, -0.25) is 14.5 Å². The topological polar surface area (TPSA) is 81.9 Å². The van der Waals surface area contributed by atoms with Crippen molar-refractivity contribution in [3.05, 3.63) is 93.8 Å². The molecule has 180 valence electrons. The Hall–Kier alpha value is -4.17. The summed E-state index contributed by atoms with van der Waals surface area (Å²) >= 11 is 1.37. The maximum Gasteiger partial charge on any atom is 0.297 e. The molecule has 0 spiro atoms. The number of para-hydroxylation sites is 1. The van der Waals surface area contributed by atoms with Crippen LogP contribution in [0.4, 0.5) is 5.13 Å². The van der Waals surface area contributed by atoms with Gasteiger partial charge in [0.15, 0.2) is 10.6 Å². The second-order valence-corrected chi connectivity index (χ2v) is 9.32. The number of aromatic nitrogens is 1. The molecule has 0 bridgehead atoms. The lowest BCUT2D eigenvalue weighted by atomic mass is 9.98. The van der Waals surface area contributed by atoms with Crippen LogP contribution in [-0.4, -0.2) is 24.1 Å². The Kier molecular flexibility index (Phi) is 5.45. The van der Waals surface area contributed by atoms with Gasteiger partial charge in [0.25, 0.3) is 5.91 Å². The van der Waals surface area contributed by atoms with E-state index in [-0.39, 0.29) is 11.2 Å². The summed E-state index contributed by atoms with van der Waals surface area (Å²) in [5, 5.41) is 0.910. The van der Waals surface area contributed by atoms with Crippen molar-refractivity contribution in [2.45, 2.75) is 19.9 Å². The zero-order valence-corrected chi connectivity index (χ0v) is 20.5. The van der Waals surface area contributed by atoms with Crippen LogP contribution in [0.5, 0.6) is 11.5 Å². The molecule has 1 atom stereocenters. The highest BCUT2D eigenvalue weighted by Crippen LogP contribution is 2.44. The molecule has 3 aromatic carbocycles. The summed E-state index contributed by atoms with van der Waals surface area (Å²) in [7, 11) is 0. The van der Waals surface area contributed by atoms with E-state index in [2.05, 4.69) is 0 Å². The van der Waals surface area contributed by atoms with E-state index >= 15 is 0 Å². The van der Waals surface area contributed by atoms with Crippen molar-refractivity contribution in [3.8, 4) is 11.5 Å². The third-order valence-corrected chi connectivity index (χ3v) is 7.15. The molecule has 36 heavy (non-hydrogen) atoms. The number of nitrogens with zero attached hydrogens (tertiary/aromatic N) is 2. The highest BCUT2D eigenvalue weighted by atomic mass is 32.1. The number of rotatable bonds is 6. The van der Waals surface area contributed by atoms with E-state index in [1.165, 1.54) is 11.3 Å². The Morgan fingerprint density at radius 2 is 1.72 bits per heavy atom. The molecule has 0 radical (unpaired) electrons. The van der Waals surface area contributed by atoms with Crippen molar-refractivity contribution in [3.63, 3.8) is 0 Å². The fourth-order valence-corrected chi connectivity index (χ4v) is 5.65. The Balaban J connectivity index is 1.58. The van der Waals surface area contributed by atoms with Gasteiger partial charge in [-0.15, -0.1) is 0 Å². The maximum atomic E-state index is 13.8. The van der Waals surface area contributed by atoms with E-state index in [4.69, 9.17) is 18.9 Å². The minimum atomic E-state index is -0.708. The van der Waals surface area contributed by atoms with Crippen LogP contribution in [0.2, 0.25) is 0 Å². The lowest BCUT2D eigenvalue weighted by Crippen LogP contribution is -2.29. The molecule has 5 aromatic rings. The molecule has 0 N–H and O–H groups in total. The van der Waals surface area contributed by atoms with Gasteiger partial charge in [0, 0.05) is 0 Å². The molecule has 2 aromatic heterocycles. The quantitative estimate of drug-likeness (QED) is 0.288. The second kappa shape index (κ2) is 8.80. The summed E-state index contributed by atoms with van der Waals surface area (Å²) in [4.78, 5) is 33.9. The van der Waals surface area contributed by atoms with Crippen LogP contribution in [0.3, 0.4) is 0 Å². The van der Waals surface area contributed by atoms with Gasteiger partial charge in [-0.2, -0.15) is 0 Å². The molecule has 0 fully saturated rings. The summed E-state index contributed by atoms with van der Waals surface area (Å²) in [5.74, 6) is 1.04. The molecule has 1 amide bonds. The average Bonchev–Trinajstić information content (AvgIpc) is 3.43. The van der Waals surface area contributed by atoms with Crippen LogP contribution < -0.4 is 19.8 Å². The summed E-state index contributed by atoms with van der Waals surface area (Å²) in [5.41, 5.74) is 1.94. The lowest BCUT2D eigenvalue weighted by Gasteiger charge is -2.23. The normalized spacial score (nSPS) is 15.0. The van der Waals surface area contributed by atoms with E-state index in [0.717, 1.165) is 21.5 Å². The first-order valence-electron chi connectivity index (χ1n) is 11.7. The zero-order valence-electron chi connectivity index (χ0n) is 19.7. The first kappa shape index (κ1) is 22.3. The number of hydrogen-bond acceptors (Lipinski definition) is 7. The standard InChI is InChI=1S/C28H22N2O5S/c1-3-33-17-9-7-8-16(14-17)24-23-25(31)19-10-5-6-11-21(19)35-26(23)27(32)30(24)28-29-20-13-12-18(34-4-2)15-22(20)36-28/h5-15,24H,3-4H2,1-2H3. The fraction of sp³-hybridized carbons (Fsp3) is 0.179. The highest BCUT2D eigenvalue weighted by molar-refractivity contribution is 7.22. The van der Waals surface area contributed by atoms with Crippen LogP contribution in [0, 0.1) is 0 Å². The molecule has 1 unspecified atom stereocenters. The number of anilines is 1. The number of fused-ring (bicyclic) bond motifs is 3. The largest absolute Gasteiger partial charge is 0.494 e. The molecule has 1 aliphatic heterocycles. The van der Waals surface area contributed by atoms with Gasteiger partial charge in [-0.25, -0.2) is 4.98 Å². The van der Waals surface area contributed by atoms with E-state index in [1.807, 2.05) is 56.3 Å². The van der Waals surface area contributed by atoms with E-state index in [9.17, 15) is 9.59 Å². The smallest absolute Gasteiger partial charge is 0.297 e. The van der Waals surface area contributed by atoms with E-state index in [0.29, 0.717) is 40.6 Å². The number of carbonyl (C=O) groups excluding carboxylic acids is 1. The van der Waals surface area contributed by atoms with E-state index < -0.39 is 11.9 Å². The van der Waals surface area contributed by atoms with Crippen LogP contribution in [0.25, 0.3) is 21.2 Å². The van der Waals surface area contributed by atoms with Crippen molar-refractivity contribution < 1.29 is 18.7 Å². The van der Waals surface area contributed by atoms with Crippen LogP contribution in [0.1, 0.15) is 41.6 Å². The molecular weight excluding hydrogens is 476 g/mol. The van der Waals surface area contributed by atoms with Crippen molar-refractivity contribution in [1.29, 1.82) is 0 Å². The van der Waals surface area contributed by atoms with Gasteiger partial charge in [-0.05, 0) is 61.9 Å². The second-order valence-electron chi connectivity index (χ2n) is 8.31. The molecule has 0 aliphatic carbocycles.